The fourth-order valence-electron chi connectivity index (χ4n) is 1.82. The Hall–Kier alpha value is -2.62. The molecular weight excluding hydrogens is 281 g/mol. The molecule has 0 unspecified atom stereocenters. The first-order valence-corrected chi connectivity index (χ1v) is 7.04. The van der Waals surface area contributed by atoms with Gasteiger partial charge in [0.2, 0.25) is 5.91 Å². The van der Waals surface area contributed by atoms with Gasteiger partial charge in [-0.05, 0) is 42.8 Å². The van der Waals surface area contributed by atoms with Crippen molar-refractivity contribution in [1.82, 2.24) is 5.32 Å². The van der Waals surface area contributed by atoms with Crippen LogP contribution in [0.1, 0.15) is 11.1 Å². The number of amides is 1. The van der Waals surface area contributed by atoms with Crippen molar-refractivity contribution in [3.05, 3.63) is 71.6 Å². The van der Waals surface area contributed by atoms with E-state index >= 15 is 0 Å². The van der Waals surface area contributed by atoms with Gasteiger partial charge in [-0.25, -0.2) is 4.39 Å². The maximum absolute atomic E-state index is 13.0. The maximum Gasteiger partial charge on any atom is 0.244 e. The number of hydrogen-bond donors (Lipinski definition) is 1. The van der Waals surface area contributed by atoms with Crippen molar-refractivity contribution in [3.63, 3.8) is 0 Å². The third-order valence-corrected chi connectivity index (χ3v) is 2.97. The van der Waals surface area contributed by atoms with Crippen LogP contribution in [0.2, 0.25) is 0 Å². The van der Waals surface area contributed by atoms with E-state index in [0.29, 0.717) is 18.7 Å². The molecule has 0 saturated heterocycles. The Morgan fingerprint density at radius 3 is 2.73 bits per heavy atom. The number of carbonyl (C=O) groups is 1. The van der Waals surface area contributed by atoms with Crippen LogP contribution in [-0.4, -0.2) is 19.1 Å². The van der Waals surface area contributed by atoms with Crippen LogP contribution in [-0.2, 0) is 4.79 Å². The van der Waals surface area contributed by atoms with Gasteiger partial charge >= 0.3 is 0 Å². The number of ether oxygens (including phenoxy) is 1. The summed E-state index contributed by atoms with van der Waals surface area (Å²) in [6.45, 7) is 2.80. The summed E-state index contributed by atoms with van der Waals surface area (Å²) in [5.74, 6) is 0.209. The van der Waals surface area contributed by atoms with Crippen LogP contribution in [0.4, 0.5) is 4.39 Å². The van der Waals surface area contributed by atoms with Crippen molar-refractivity contribution in [3.8, 4) is 5.75 Å². The van der Waals surface area contributed by atoms with E-state index in [1.54, 1.807) is 18.2 Å². The quantitative estimate of drug-likeness (QED) is 0.656. The SMILES string of the molecule is Cc1ccc(OCCNC(=O)/C=C/c2cccc(F)c2)cc1. The fraction of sp³-hybridized carbons (Fsp3) is 0.167. The second kappa shape index (κ2) is 7.98. The lowest BCUT2D eigenvalue weighted by Gasteiger charge is -2.06. The summed E-state index contributed by atoms with van der Waals surface area (Å²) in [4.78, 5) is 11.6. The molecule has 0 bridgehead atoms. The molecule has 0 radical (unpaired) electrons. The predicted octanol–water partition coefficient (Wildman–Crippen LogP) is 3.34. The summed E-state index contributed by atoms with van der Waals surface area (Å²) in [5.41, 5.74) is 1.81. The zero-order valence-corrected chi connectivity index (χ0v) is 12.4. The van der Waals surface area contributed by atoms with Gasteiger partial charge in [-0.1, -0.05) is 29.8 Å². The smallest absolute Gasteiger partial charge is 0.244 e. The van der Waals surface area contributed by atoms with Crippen LogP contribution in [0.5, 0.6) is 5.75 Å². The Bertz CT molecular complexity index is 650. The van der Waals surface area contributed by atoms with Crippen LogP contribution < -0.4 is 10.1 Å². The zero-order chi connectivity index (χ0) is 15.8. The van der Waals surface area contributed by atoms with Crippen LogP contribution in [0.25, 0.3) is 6.08 Å². The zero-order valence-electron chi connectivity index (χ0n) is 12.4. The van der Waals surface area contributed by atoms with Crippen molar-refractivity contribution in [2.24, 2.45) is 0 Å². The molecule has 2 rings (SSSR count). The van der Waals surface area contributed by atoms with Crippen LogP contribution in [0, 0.1) is 12.7 Å². The normalized spacial score (nSPS) is 10.6. The highest BCUT2D eigenvalue weighted by Crippen LogP contribution is 2.10. The highest BCUT2D eigenvalue weighted by atomic mass is 19.1. The largest absolute Gasteiger partial charge is 0.492 e. The number of aryl methyl sites for hydroxylation is 1. The molecule has 4 heteroatoms. The average Bonchev–Trinajstić information content (AvgIpc) is 2.51. The highest BCUT2D eigenvalue weighted by molar-refractivity contribution is 5.91. The van der Waals surface area contributed by atoms with Crippen molar-refractivity contribution in [1.29, 1.82) is 0 Å². The second-order valence-electron chi connectivity index (χ2n) is 4.84. The number of nitrogens with one attached hydrogen (secondary N) is 1. The molecule has 22 heavy (non-hydrogen) atoms. The summed E-state index contributed by atoms with van der Waals surface area (Å²) in [6.07, 6.45) is 2.94. The van der Waals surface area contributed by atoms with Crippen molar-refractivity contribution in [2.45, 2.75) is 6.92 Å². The first-order valence-electron chi connectivity index (χ1n) is 7.04. The first-order chi connectivity index (χ1) is 10.6. The first kappa shape index (κ1) is 15.8. The van der Waals surface area contributed by atoms with Crippen LogP contribution >= 0.6 is 0 Å². The van der Waals surface area contributed by atoms with E-state index in [0.717, 1.165) is 5.75 Å². The van der Waals surface area contributed by atoms with Crippen molar-refractivity contribution in [2.75, 3.05) is 13.2 Å². The predicted molar refractivity (Wildman–Crippen MR) is 85.1 cm³/mol. The molecule has 0 saturated carbocycles. The van der Waals surface area contributed by atoms with Gasteiger partial charge in [-0.3, -0.25) is 4.79 Å². The lowest BCUT2D eigenvalue weighted by Crippen LogP contribution is -2.26. The number of halogens is 1. The molecule has 114 valence electrons. The van der Waals surface area contributed by atoms with Crippen molar-refractivity contribution < 1.29 is 13.9 Å². The highest BCUT2D eigenvalue weighted by Gasteiger charge is 1.97. The van der Waals surface area contributed by atoms with Gasteiger partial charge < -0.3 is 10.1 Å². The molecule has 2 aromatic carbocycles. The van der Waals surface area contributed by atoms with Crippen molar-refractivity contribution >= 4 is 12.0 Å². The van der Waals surface area contributed by atoms with Gasteiger partial charge in [0.15, 0.2) is 0 Å². The Labute approximate surface area is 129 Å². The molecular formula is C18H18FNO2. The monoisotopic (exact) mass is 299 g/mol. The van der Waals surface area contributed by atoms with E-state index in [-0.39, 0.29) is 11.7 Å². The minimum absolute atomic E-state index is 0.239. The standard InChI is InChI=1S/C18H18FNO2/c1-14-5-8-17(9-6-14)22-12-11-20-18(21)10-7-15-3-2-4-16(19)13-15/h2-10,13H,11-12H2,1H3,(H,20,21)/b10-7+. The van der Waals surface area contributed by atoms with E-state index < -0.39 is 0 Å². The Morgan fingerprint density at radius 2 is 2.00 bits per heavy atom. The lowest BCUT2D eigenvalue weighted by atomic mass is 10.2. The van der Waals surface area contributed by atoms with E-state index in [1.165, 1.54) is 23.8 Å². The molecule has 1 amide bonds. The number of hydrogen-bond acceptors (Lipinski definition) is 2. The van der Waals surface area contributed by atoms with Gasteiger partial charge in [0.25, 0.3) is 0 Å². The van der Waals surface area contributed by atoms with E-state index in [1.807, 2.05) is 31.2 Å². The molecule has 0 aromatic heterocycles. The second-order valence-corrected chi connectivity index (χ2v) is 4.84. The molecule has 0 heterocycles. The molecule has 2 aromatic rings. The van der Waals surface area contributed by atoms with Gasteiger partial charge in [-0.15, -0.1) is 0 Å². The van der Waals surface area contributed by atoms with E-state index in [9.17, 15) is 9.18 Å². The topological polar surface area (TPSA) is 38.3 Å². The Morgan fingerprint density at radius 1 is 1.23 bits per heavy atom. The maximum atomic E-state index is 13.0. The summed E-state index contributed by atoms with van der Waals surface area (Å²) in [5, 5.41) is 2.70. The third-order valence-electron chi connectivity index (χ3n) is 2.97. The fourth-order valence-corrected chi connectivity index (χ4v) is 1.82. The minimum Gasteiger partial charge on any atom is -0.492 e. The average molecular weight is 299 g/mol. The number of rotatable bonds is 6. The van der Waals surface area contributed by atoms with Gasteiger partial charge in [0.05, 0.1) is 6.54 Å². The third kappa shape index (κ3) is 5.40. The summed E-state index contributed by atoms with van der Waals surface area (Å²) in [7, 11) is 0. The molecule has 0 aliphatic heterocycles. The molecule has 0 aliphatic carbocycles. The molecule has 0 aliphatic rings. The van der Waals surface area contributed by atoms with Crippen LogP contribution in [0.3, 0.4) is 0 Å². The van der Waals surface area contributed by atoms with E-state index in [2.05, 4.69) is 5.32 Å². The molecule has 3 nitrogen and oxygen atoms in total. The summed E-state index contributed by atoms with van der Waals surface area (Å²) in [6, 6.07) is 13.8. The number of benzene rings is 2. The van der Waals surface area contributed by atoms with Gasteiger partial charge in [-0.2, -0.15) is 0 Å². The van der Waals surface area contributed by atoms with Crippen LogP contribution in [0.15, 0.2) is 54.6 Å². The number of carbonyl (C=O) groups excluding carboxylic acids is 1. The Balaban J connectivity index is 1.70. The van der Waals surface area contributed by atoms with E-state index in [4.69, 9.17) is 4.74 Å². The summed E-state index contributed by atoms with van der Waals surface area (Å²) >= 11 is 0. The Kier molecular flexibility index (Phi) is 5.72. The summed E-state index contributed by atoms with van der Waals surface area (Å²) < 4.78 is 18.5. The minimum atomic E-state index is -0.325. The molecule has 0 fully saturated rings. The molecule has 0 spiro atoms. The molecule has 0 atom stereocenters. The lowest BCUT2D eigenvalue weighted by molar-refractivity contribution is -0.116. The molecule has 1 N–H and O–H groups in total. The van der Waals surface area contributed by atoms with Gasteiger partial charge in [0.1, 0.15) is 18.2 Å². The van der Waals surface area contributed by atoms with Gasteiger partial charge in [0, 0.05) is 6.08 Å².